The first-order valence-corrected chi connectivity index (χ1v) is 18.1. The van der Waals surface area contributed by atoms with Crippen LogP contribution in [0.1, 0.15) is 56.0 Å². The molecule has 2 aromatic heterocycles. The lowest BCUT2D eigenvalue weighted by Gasteiger charge is -2.33. The van der Waals surface area contributed by atoms with Crippen molar-refractivity contribution in [3.05, 3.63) is 90.3 Å². The molecule has 0 aliphatic carbocycles. The number of hydrogen-bond donors (Lipinski definition) is 0. The van der Waals surface area contributed by atoms with Crippen LogP contribution in [0.3, 0.4) is 0 Å². The van der Waals surface area contributed by atoms with Gasteiger partial charge in [-0.05, 0) is 99.4 Å². The van der Waals surface area contributed by atoms with Gasteiger partial charge in [0, 0.05) is 44.7 Å². The molecule has 5 aromatic rings. The number of para-hydroxylation sites is 2. The molecular formula is C39H50ClN9O3. The van der Waals surface area contributed by atoms with E-state index in [1.54, 1.807) is 11.8 Å². The smallest absolute Gasteiger partial charge is 0.257 e. The summed E-state index contributed by atoms with van der Waals surface area (Å²) in [5, 5.41) is 11.5. The number of imidazole rings is 1. The van der Waals surface area contributed by atoms with Gasteiger partial charge in [0.25, 0.3) is 5.91 Å². The molecule has 0 bridgehead atoms. The third-order valence-electron chi connectivity index (χ3n) is 10.3. The van der Waals surface area contributed by atoms with E-state index in [1.165, 1.54) is 11.9 Å². The average Bonchev–Trinajstić information content (AvgIpc) is 3.88. The van der Waals surface area contributed by atoms with Gasteiger partial charge in [-0.2, -0.15) is 0 Å². The third kappa shape index (κ3) is 8.09. The zero-order valence-electron chi connectivity index (χ0n) is 30.6. The predicted octanol–water partition coefficient (Wildman–Crippen LogP) is 5.64. The van der Waals surface area contributed by atoms with E-state index >= 15 is 0 Å². The molecule has 0 spiro atoms. The SMILES string of the molecule is COc1ccc(-n2cnnn2)cc1C(=O)N1CCC(CCN2CCCN(c3nc4ccccc4n3CCOC(C)(C)C)CC2)(c2ccccc2)C1.Cl. The standard InChI is InChI=1S/C39H49N9O3.ClH/c1-38(2,3)51-26-25-47-34-14-9-8-13-33(34)41-37(47)45-20-10-19-44(23-24-45)21-17-39(30-11-6-5-7-12-30)18-22-46(28-39)36(49)32-27-31(15-16-35(32)50-4)48-29-40-42-43-48;/h5-9,11-16,27,29H,10,17-26,28H2,1-4H3;1H. The summed E-state index contributed by atoms with van der Waals surface area (Å²) in [7, 11) is 1.60. The Morgan fingerprint density at radius 2 is 1.73 bits per heavy atom. The Balaban J connectivity index is 0.00000464. The molecule has 2 saturated heterocycles. The fourth-order valence-corrected chi connectivity index (χ4v) is 7.61. The van der Waals surface area contributed by atoms with Crippen LogP contribution in [0.25, 0.3) is 16.7 Å². The summed E-state index contributed by atoms with van der Waals surface area (Å²) < 4.78 is 15.6. The second-order valence-corrected chi connectivity index (χ2v) is 14.7. The molecule has 1 unspecified atom stereocenters. The van der Waals surface area contributed by atoms with Crippen molar-refractivity contribution in [3.8, 4) is 11.4 Å². The number of carbonyl (C=O) groups excluding carboxylic acids is 1. The first-order chi connectivity index (χ1) is 24.7. The van der Waals surface area contributed by atoms with Crippen LogP contribution in [0.15, 0.2) is 79.1 Å². The number of benzene rings is 3. The van der Waals surface area contributed by atoms with E-state index in [0.29, 0.717) is 36.7 Å². The van der Waals surface area contributed by atoms with Crippen LogP contribution in [0.2, 0.25) is 0 Å². The monoisotopic (exact) mass is 727 g/mol. The van der Waals surface area contributed by atoms with E-state index < -0.39 is 0 Å². The number of ether oxygens (including phenoxy) is 2. The molecule has 0 radical (unpaired) electrons. The van der Waals surface area contributed by atoms with Gasteiger partial charge in [0.05, 0.1) is 41.6 Å². The van der Waals surface area contributed by atoms with E-state index in [2.05, 4.69) is 105 Å². The molecule has 0 saturated carbocycles. The van der Waals surface area contributed by atoms with Gasteiger partial charge in [0.15, 0.2) is 0 Å². The largest absolute Gasteiger partial charge is 0.496 e. The van der Waals surface area contributed by atoms with Gasteiger partial charge < -0.3 is 28.7 Å². The summed E-state index contributed by atoms with van der Waals surface area (Å²) in [6.07, 6.45) is 4.44. The number of amides is 1. The van der Waals surface area contributed by atoms with Crippen molar-refractivity contribution in [2.45, 2.75) is 57.6 Å². The Labute approximate surface area is 312 Å². The Morgan fingerprint density at radius 1 is 0.923 bits per heavy atom. The number of tetrazole rings is 1. The molecular weight excluding hydrogens is 678 g/mol. The van der Waals surface area contributed by atoms with E-state index in [0.717, 1.165) is 75.5 Å². The van der Waals surface area contributed by atoms with E-state index in [9.17, 15) is 4.79 Å². The summed E-state index contributed by atoms with van der Waals surface area (Å²) in [6, 6.07) is 24.6. The number of fused-ring (bicyclic) bond motifs is 1. The van der Waals surface area contributed by atoms with Crippen molar-refractivity contribution in [1.82, 2.24) is 39.6 Å². The number of halogens is 1. The van der Waals surface area contributed by atoms with Gasteiger partial charge in [0.1, 0.15) is 12.1 Å². The molecule has 4 heterocycles. The lowest BCUT2D eigenvalue weighted by molar-refractivity contribution is -0.00639. The first-order valence-electron chi connectivity index (χ1n) is 18.1. The number of methoxy groups -OCH3 is 1. The highest BCUT2D eigenvalue weighted by Gasteiger charge is 2.42. The van der Waals surface area contributed by atoms with Crippen molar-refractivity contribution in [2.75, 3.05) is 64.4 Å². The van der Waals surface area contributed by atoms with Crippen LogP contribution in [0.4, 0.5) is 5.95 Å². The number of rotatable bonds is 11. The Hall–Kier alpha value is -4.52. The van der Waals surface area contributed by atoms with Crippen LogP contribution in [-0.4, -0.2) is 111 Å². The van der Waals surface area contributed by atoms with Crippen molar-refractivity contribution in [3.63, 3.8) is 0 Å². The number of aromatic nitrogens is 6. The number of anilines is 1. The summed E-state index contributed by atoms with van der Waals surface area (Å²) in [5.74, 6) is 1.53. The first kappa shape index (κ1) is 37.2. The van der Waals surface area contributed by atoms with Crippen LogP contribution in [0, 0.1) is 0 Å². The van der Waals surface area contributed by atoms with Gasteiger partial charge in [-0.3, -0.25) is 4.79 Å². The van der Waals surface area contributed by atoms with E-state index in [4.69, 9.17) is 14.5 Å². The van der Waals surface area contributed by atoms with Crippen LogP contribution in [0.5, 0.6) is 5.75 Å². The van der Waals surface area contributed by atoms with E-state index in [1.807, 2.05) is 23.1 Å². The molecule has 1 atom stereocenters. The maximum atomic E-state index is 14.2. The molecule has 1 amide bonds. The van der Waals surface area contributed by atoms with Crippen molar-refractivity contribution < 1.29 is 14.3 Å². The fourth-order valence-electron chi connectivity index (χ4n) is 7.61. The van der Waals surface area contributed by atoms with Gasteiger partial charge in [-0.15, -0.1) is 17.5 Å². The lowest BCUT2D eigenvalue weighted by Crippen LogP contribution is -2.39. The number of nitrogens with zero attached hydrogens (tertiary/aromatic N) is 9. The molecule has 7 rings (SSSR count). The van der Waals surface area contributed by atoms with Gasteiger partial charge >= 0.3 is 0 Å². The summed E-state index contributed by atoms with van der Waals surface area (Å²) in [4.78, 5) is 26.3. The molecule has 2 aliphatic rings. The minimum atomic E-state index is -0.186. The molecule has 3 aromatic carbocycles. The summed E-state index contributed by atoms with van der Waals surface area (Å²) in [5.41, 5.74) is 4.35. The molecule has 2 aliphatic heterocycles. The minimum Gasteiger partial charge on any atom is -0.496 e. The highest BCUT2D eigenvalue weighted by molar-refractivity contribution is 5.98. The molecule has 2 fully saturated rings. The van der Waals surface area contributed by atoms with Crippen LogP contribution < -0.4 is 9.64 Å². The highest BCUT2D eigenvalue weighted by atomic mass is 35.5. The average molecular weight is 728 g/mol. The second-order valence-electron chi connectivity index (χ2n) is 14.7. The molecule has 12 nitrogen and oxygen atoms in total. The zero-order chi connectivity index (χ0) is 35.4. The van der Waals surface area contributed by atoms with Crippen LogP contribution >= 0.6 is 12.4 Å². The highest BCUT2D eigenvalue weighted by Crippen LogP contribution is 2.39. The number of likely N-dealkylation sites (tertiary alicyclic amines) is 1. The quantitative estimate of drug-likeness (QED) is 0.171. The number of carbonyl (C=O) groups is 1. The molecule has 52 heavy (non-hydrogen) atoms. The fraction of sp³-hybridized carbons (Fsp3) is 0.462. The normalized spacial score (nSPS) is 18.4. The Kier molecular flexibility index (Phi) is 11.5. The minimum absolute atomic E-state index is 0. The number of hydrogen-bond acceptors (Lipinski definition) is 9. The molecule has 0 N–H and O–H groups in total. The Bertz CT molecular complexity index is 1930. The van der Waals surface area contributed by atoms with E-state index in [-0.39, 0.29) is 29.3 Å². The molecule has 276 valence electrons. The Morgan fingerprint density at radius 3 is 2.50 bits per heavy atom. The maximum absolute atomic E-state index is 14.2. The topological polar surface area (TPSA) is 107 Å². The lowest BCUT2D eigenvalue weighted by atomic mass is 9.76. The zero-order valence-corrected chi connectivity index (χ0v) is 31.5. The second kappa shape index (κ2) is 16.0. The van der Waals surface area contributed by atoms with Crippen molar-refractivity contribution >= 4 is 35.3 Å². The van der Waals surface area contributed by atoms with Crippen molar-refractivity contribution in [1.29, 1.82) is 0 Å². The van der Waals surface area contributed by atoms with Gasteiger partial charge in [-0.1, -0.05) is 42.5 Å². The summed E-state index contributed by atoms with van der Waals surface area (Å²) >= 11 is 0. The van der Waals surface area contributed by atoms with Crippen LogP contribution in [-0.2, 0) is 16.7 Å². The predicted molar refractivity (Wildman–Crippen MR) is 205 cm³/mol. The van der Waals surface area contributed by atoms with Crippen molar-refractivity contribution in [2.24, 2.45) is 0 Å². The van der Waals surface area contributed by atoms with Gasteiger partial charge in [-0.25, -0.2) is 9.67 Å². The maximum Gasteiger partial charge on any atom is 0.257 e. The third-order valence-corrected chi connectivity index (χ3v) is 10.3. The molecule has 13 heteroatoms. The summed E-state index contributed by atoms with van der Waals surface area (Å²) in [6.45, 7) is 13.8. The van der Waals surface area contributed by atoms with Gasteiger partial charge in [0.2, 0.25) is 5.95 Å².